The first-order valence-electron chi connectivity index (χ1n) is 7.69. The molecule has 1 heterocycles. The van der Waals surface area contributed by atoms with Gasteiger partial charge in [0.15, 0.2) is 0 Å². The van der Waals surface area contributed by atoms with Crippen molar-refractivity contribution in [1.29, 1.82) is 0 Å². The zero-order valence-corrected chi connectivity index (χ0v) is 12.3. The normalized spacial score (nSPS) is 18.9. The molecule has 4 nitrogen and oxygen atoms in total. The third kappa shape index (κ3) is 4.93. The molecule has 4 heteroatoms. The lowest BCUT2D eigenvalue weighted by atomic mass is 9.92. The minimum atomic E-state index is -0.0967. The molecule has 1 aromatic rings. The van der Waals surface area contributed by atoms with Crippen LogP contribution in [0.2, 0.25) is 0 Å². The molecule has 0 radical (unpaired) electrons. The summed E-state index contributed by atoms with van der Waals surface area (Å²) in [5, 5.41) is 12.7. The maximum absolute atomic E-state index is 9.50. The smallest absolute Gasteiger partial charge is 0.222 e. The monoisotopic (exact) mass is 275 g/mol. The molecule has 0 amide bonds. The SMILES string of the molecule is CCCCNc1nccc(CC=C2CCC(O)CC2)n1. The highest BCUT2D eigenvalue weighted by molar-refractivity contribution is 5.26. The minimum Gasteiger partial charge on any atom is -0.393 e. The van der Waals surface area contributed by atoms with Crippen molar-refractivity contribution in [1.82, 2.24) is 9.97 Å². The van der Waals surface area contributed by atoms with Crippen LogP contribution >= 0.6 is 0 Å². The lowest BCUT2D eigenvalue weighted by molar-refractivity contribution is 0.143. The van der Waals surface area contributed by atoms with Crippen molar-refractivity contribution in [3.05, 3.63) is 29.6 Å². The Morgan fingerprint density at radius 2 is 2.20 bits per heavy atom. The van der Waals surface area contributed by atoms with Crippen molar-refractivity contribution in [2.24, 2.45) is 0 Å². The zero-order chi connectivity index (χ0) is 14.2. The predicted molar refractivity (Wildman–Crippen MR) is 81.7 cm³/mol. The summed E-state index contributed by atoms with van der Waals surface area (Å²) in [7, 11) is 0. The molecule has 110 valence electrons. The number of aromatic nitrogens is 2. The van der Waals surface area contributed by atoms with Crippen LogP contribution < -0.4 is 5.32 Å². The van der Waals surface area contributed by atoms with Crippen LogP contribution in [-0.2, 0) is 6.42 Å². The summed E-state index contributed by atoms with van der Waals surface area (Å²) in [5.74, 6) is 0.730. The minimum absolute atomic E-state index is 0.0967. The summed E-state index contributed by atoms with van der Waals surface area (Å²) in [6.45, 7) is 3.10. The number of anilines is 1. The number of nitrogens with zero attached hydrogens (tertiary/aromatic N) is 2. The maximum atomic E-state index is 9.50. The van der Waals surface area contributed by atoms with Crippen LogP contribution in [0.15, 0.2) is 23.9 Å². The summed E-state index contributed by atoms with van der Waals surface area (Å²) in [6.07, 6.45) is 11.0. The molecule has 0 aliphatic heterocycles. The van der Waals surface area contributed by atoms with E-state index in [1.165, 1.54) is 12.0 Å². The molecule has 2 rings (SSSR count). The third-order valence-electron chi connectivity index (χ3n) is 3.72. The summed E-state index contributed by atoms with van der Waals surface area (Å²) >= 11 is 0. The zero-order valence-electron chi connectivity index (χ0n) is 12.3. The van der Waals surface area contributed by atoms with E-state index in [1.807, 2.05) is 12.3 Å². The molecule has 0 spiro atoms. The summed E-state index contributed by atoms with van der Waals surface area (Å²) in [4.78, 5) is 8.77. The van der Waals surface area contributed by atoms with Crippen molar-refractivity contribution < 1.29 is 5.11 Å². The average Bonchev–Trinajstić information content (AvgIpc) is 2.47. The first-order chi connectivity index (χ1) is 9.78. The summed E-state index contributed by atoms with van der Waals surface area (Å²) < 4.78 is 0. The number of hydrogen-bond donors (Lipinski definition) is 2. The van der Waals surface area contributed by atoms with Gasteiger partial charge in [0.2, 0.25) is 5.95 Å². The lowest BCUT2D eigenvalue weighted by Gasteiger charge is -2.19. The van der Waals surface area contributed by atoms with Crippen LogP contribution in [0.4, 0.5) is 5.95 Å². The highest BCUT2D eigenvalue weighted by Crippen LogP contribution is 2.23. The molecule has 1 aromatic heterocycles. The van der Waals surface area contributed by atoms with Crippen molar-refractivity contribution >= 4 is 5.95 Å². The quantitative estimate of drug-likeness (QED) is 0.619. The van der Waals surface area contributed by atoms with Crippen LogP contribution in [0.1, 0.15) is 51.1 Å². The number of nitrogens with one attached hydrogen (secondary N) is 1. The fourth-order valence-corrected chi connectivity index (χ4v) is 2.40. The van der Waals surface area contributed by atoms with Crippen molar-refractivity contribution in [3.63, 3.8) is 0 Å². The van der Waals surface area contributed by atoms with Gasteiger partial charge in [-0.3, -0.25) is 0 Å². The molecule has 1 saturated carbocycles. The Morgan fingerprint density at radius 1 is 1.40 bits per heavy atom. The molecule has 1 aliphatic rings. The van der Waals surface area contributed by atoms with Gasteiger partial charge < -0.3 is 10.4 Å². The van der Waals surface area contributed by atoms with E-state index in [2.05, 4.69) is 28.3 Å². The van der Waals surface area contributed by atoms with E-state index in [9.17, 15) is 5.11 Å². The lowest BCUT2D eigenvalue weighted by Crippen LogP contribution is -2.12. The van der Waals surface area contributed by atoms with E-state index < -0.39 is 0 Å². The summed E-state index contributed by atoms with van der Waals surface area (Å²) in [6, 6.07) is 1.97. The first-order valence-corrected chi connectivity index (χ1v) is 7.69. The van der Waals surface area contributed by atoms with Crippen LogP contribution in [0.25, 0.3) is 0 Å². The van der Waals surface area contributed by atoms with Gasteiger partial charge in [-0.05, 0) is 38.2 Å². The van der Waals surface area contributed by atoms with Gasteiger partial charge in [-0.2, -0.15) is 0 Å². The van der Waals surface area contributed by atoms with Crippen LogP contribution in [0.3, 0.4) is 0 Å². The van der Waals surface area contributed by atoms with E-state index in [-0.39, 0.29) is 6.10 Å². The van der Waals surface area contributed by atoms with Gasteiger partial charge in [-0.25, -0.2) is 9.97 Å². The largest absolute Gasteiger partial charge is 0.393 e. The Balaban J connectivity index is 1.86. The number of hydrogen-bond acceptors (Lipinski definition) is 4. The molecular formula is C16H25N3O. The van der Waals surface area contributed by atoms with E-state index in [1.54, 1.807) is 0 Å². The molecule has 20 heavy (non-hydrogen) atoms. The van der Waals surface area contributed by atoms with Gasteiger partial charge in [0, 0.05) is 24.9 Å². The molecule has 1 fully saturated rings. The number of rotatable bonds is 6. The second kappa shape index (κ2) is 8.00. The van der Waals surface area contributed by atoms with Gasteiger partial charge in [-0.15, -0.1) is 0 Å². The van der Waals surface area contributed by atoms with Crippen LogP contribution in [0.5, 0.6) is 0 Å². The van der Waals surface area contributed by atoms with E-state index in [0.717, 1.165) is 56.7 Å². The van der Waals surface area contributed by atoms with Crippen LogP contribution in [0, 0.1) is 0 Å². The first kappa shape index (κ1) is 15.0. The maximum Gasteiger partial charge on any atom is 0.222 e. The number of unbranched alkanes of at least 4 members (excludes halogenated alkanes) is 1. The standard InChI is InChI=1S/C16H25N3O/c1-2-3-11-17-16-18-12-10-14(19-16)7-4-13-5-8-15(20)9-6-13/h4,10,12,15,20H,2-3,5-9,11H2,1H3,(H,17,18,19). The molecular weight excluding hydrogens is 250 g/mol. The topological polar surface area (TPSA) is 58.0 Å². The second-order valence-corrected chi connectivity index (χ2v) is 5.45. The average molecular weight is 275 g/mol. The van der Waals surface area contributed by atoms with E-state index in [0.29, 0.717) is 0 Å². The second-order valence-electron chi connectivity index (χ2n) is 5.45. The van der Waals surface area contributed by atoms with Gasteiger partial charge >= 0.3 is 0 Å². The summed E-state index contributed by atoms with van der Waals surface area (Å²) in [5.41, 5.74) is 2.51. The van der Waals surface area contributed by atoms with Gasteiger partial charge in [0.1, 0.15) is 0 Å². The molecule has 0 bridgehead atoms. The molecule has 0 saturated heterocycles. The fraction of sp³-hybridized carbons (Fsp3) is 0.625. The van der Waals surface area contributed by atoms with Crippen molar-refractivity contribution in [2.45, 2.75) is 58.0 Å². The van der Waals surface area contributed by atoms with Gasteiger partial charge in [-0.1, -0.05) is 25.0 Å². The number of aliphatic hydroxyl groups excluding tert-OH is 1. The molecule has 1 aliphatic carbocycles. The Bertz CT molecular complexity index is 435. The molecule has 2 N–H and O–H groups in total. The number of allylic oxidation sites excluding steroid dienone is 2. The Labute approximate surface area is 121 Å². The highest BCUT2D eigenvalue weighted by atomic mass is 16.3. The van der Waals surface area contributed by atoms with E-state index >= 15 is 0 Å². The van der Waals surface area contributed by atoms with Crippen molar-refractivity contribution in [3.8, 4) is 0 Å². The van der Waals surface area contributed by atoms with Crippen LogP contribution in [-0.4, -0.2) is 27.7 Å². The van der Waals surface area contributed by atoms with Gasteiger partial charge in [0.25, 0.3) is 0 Å². The van der Waals surface area contributed by atoms with Crippen molar-refractivity contribution in [2.75, 3.05) is 11.9 Å². The third-order valence-corrected chi connectivity index (χ3v) is 3.72. The van der Waals surface area contributed by atoms with Gasteiger partial charge in [0.05, 0.1) is 6.10 Å². The fourth-order valence-electron chi connectivity index (χ4n) is 2.40. The number of aliphatic hydroxyl groups is 1. The van der Waals surface area contributed by atoms with E-state index in [4.69, 9.17) is 0 Å². The molecule has 0 atom stereocenters. The Morgan fingerprint density at radius 3 is 2.95 bits per heavy atom. The molecule has 0 aromatic carbocycles. The Kier molecular flexibility index (Phi) is 5.99. The predicted octanol–water partition coefficient (Wildman–Crippen LogP) is 3.09. The molecule has 0 unspecified atom stereocenters. The highest BCUT2D eigenvalue weighted by Gasteiger charge is 2.13. The Hall–Kier alpha value is -1.42.